The van der Waals surface area contributed by atoms with E-state index in [4.69, 9.17) is 4.74 Å². The molecule has 0 heterocycles. The fourth-order valence-corrected chi connectivity index (χ4v) is 2.04. The molecular formula is C17H16F3NO4. The van der Waals surface area contributed by atoms with Crippen molar-refractivity contribution >= 4 is 6.09 Å². The Labute approximate surface area is 142 Å². The van der Waals surface area contributed by atoms with Crippen molar-refractivity contribution in [2.24, 2.45) is 0 Å². The van der Waals surface area contributed by atoms with Crippen LogP contribution in [0.4, 0.5) is 18.0 Å². The predicted octanol–water partition coefficient (Wildman–Crippen LogP) is 3.55. The van der Waals surface area contributed by atoms with Gasteiger partial charge in [-0.15, -0.1) is 13.2 Å². The SMILES string of the molecule is O=C(NC(CO)c1ccc(OC(F)(F)F)cc1)OCc1ccccc1. The molecule has 0 bridgehead atoms. The minimum atomic E-state index is -4.78. The van der Waals surface area contributed by atoms with Gasteiger partial charge in [-0.25, -0.2) is 4.79 Å². The van der Waals surface area contributed by atoms with E-state index < -0.39 is 25.1 Å². The molecule has 1 atom stereocenters. The molecule has 0 saturated carbocycles. The van der Waals surface area contributed by atoms with E-state index in [2.05, 4.69) is 10.1 Å². The summed E-state index contributed by atoms with van der Waals surface area (Å²) in [6, 6.07) is 13.0. The summed E-state index contributed by atoms with van der Waals surface area (Å²) in [5.74, 6) is -0.389. The third-order valence-electron chi connectivity index (χ3n) is 3.20. The lowest BCUT2D eigenvalue weighted by Gasteiger charge is -2.17. The van der Waals surface area contributed by atoms with Gasteiger partial charge in [-0.05, 0) is 23.3 Å². The highest BCUT2D eigenvalue weighted by Crippen LogP contribution is 2.24. The number of carbonyl (C=O) groups excluding carboxylic acids is 1. The van der Waals surface area contributed by atoms with Gasteiger partial charge in [0.15, 0.2) is 0 Å². The van der Waals surface area contributed by atoms with Gasteiger partial charge >= 0.3 is 12.5 Å². The second kappa shape index (κ2) is 8.39. The highest BCUT2D eigenvalue weighted by Gasteiger charge is 2.31. The zero-order valence-corrected chi connectivity index (χ0v) is 13.0. The molecule has 0 aromatic heterocycles. The van der Waals surface area contributed by atoms with Crippen molar-refractivity contribution < 1.29 is 32.5 Å². The van der Waals surface area contributed by atoms with Crippen molar-refractivity contribution in [1.82, 2.24) is 5.32 Å². The fraction of sp³-hybridized carbons (Fsp3) is 0.235. The minimum absolute atomic E-state index is 0.0587. The molecule has 0 spiro atoms. The Balaban J connectivity index is 1.91. The molecule has 0 aliphatic heterocycles. The number of alkyl halides is 3. The van der Waals surface area contributed by atoms with Gasteiger partial charge in [0, 0.05) is 0 Å². The number of rotatable bonds is 6. The van der Waals surface area contributed by atoms with Gasteiger partial charge in [0.1, 0.15) is 12.4 Å². The molecule has 0 radical (unpaired) electrons. The Morgan fingerprint density at radius 1 is 1.08 bits per heavy atom. The second-order valence-electron chi connectivity index (χ2n) is 5.06. The number of hydrogen-bond acceptors (Lipinski definition) is 4. The lowest BCUT2D eigenvalue weighted by atomic mass is 10.1. The van der Waals surface area contributed by atoms with Crippen LogP contribution in [0, 0.1) is 0 Å². The number of ether oxygens (including phenoxy) is 2. The molecule has 2 rings (SSSR count). The summed E-state index contributed by atoms with van der Waals surface area (Å²) in [6.45, 7) is -0.386. The van der Waals surface area contributed by atoms with Crippen LogP contribution in [0.3, 0.4) is 0 Å². The van der Waals surface area contributed by atoms with Crippen LogP contribution in [0.2, 0.25) is 0 Å². The highest BCUT2D eigenvalue weighted by molar-refractivity contribution is 5.68. The monoisotopic (exact) mass is 355 g/mol. The Morgan fingerprint density at radius 2 is 1.72 bits per heavy atom. The first-order chi connectivity index (χ1) is 11.9. The highest BCUT2D eigenvalue weighted by atomic mass is 19.4. The molecule has 134 valence electrons. The van der Waals surface area contributed by atoms with E-state index in [1.807, 2.05) is 6.07 Å². The third kappa shape index (κ3) is 6.34. The molecule has 8 heteroatoms. The summed E-state index contributed by atoms with van der Waals surface area (Å²) in [7, 11) is 0. The Kier molecular flexibility index (Phi) is 6.24. The van der Waals surface area contributed by atoms with Gasteiger partial charge in [0.25, 0.3) is 0 Å². The number of benzene rings is 2. The van der Waals surface area contributed by atoms with Gasteiger partial charge in [0.2, 0.25) is 0 Å². The lowest BCUT2D eigenvalue weighted by Crippen LogP contribution is -2.31. The topological polar surface area (TPSA) is 67.8 Å². The van der Waals surface area contributed by atoms with Crippen LogP contribution < -0.4 is 10.1 Å². The van der Waals surface area contributed by atoms with Crippen LogP contribution >= 0.6 is 0 Å². The van der Waals surface area contributed by atoms with Crippen molar-refractivity contribution in [1.29, 1.82) is 0 Å². The summed E-state index contributed by atoms with van der Waals surface area (Å²) in [5.41, 5.74) is 1.21. The summed E-state index contributed by atoms with van der Waals surface area (Å²) in [4.78, 5) is 11.8. The van der Waals surface area contributed by atoms with Crippen molar-refractivity contribution in [3.8, 4) is 5.75 Å². The maximum absolute atomic E-state index is 12.1. The molecule has 1 unspecified atom stereocenters. The van der Waals surface area contributed by atoms with E-state index in [0.717, 1.165) is 17.7 Å². The smallest absolute Gasteiger partial charge is 0.445 e. The zero-order valence-electron chi connectivity index (χ0n) is 13.0. The molecule has 0 aliphatic rings. The van der Waals surface area contributed by atoms with E-state index in [1.54, 1.807) is 24.3 Å². The molecule has 0 fully saturated rings. The summed E-state index contributed by atoms with van der Waals surface area (Å²) in [6.07, 6.45) is -5.53. The largest absolute Gasteiger partial charge is 0.573 e. The van der Waals surface area contributed by atoms with E-state index in [9.17, 15) is 23.1 Å². The van der Waals surface area contributed by atoms with Gasteiger partial charge in [-0.3, -0.25) is 0 Å². The molecule has 1 amide bonds. The molecule has 2 N–H and O–H groups in total. The molecule has 2 aromatic rings. The Morgan fingerprint density at radius 3 is 2.28 bits per heavy atom. The molecule has 0 aliphatic carbocycles. The number of alkyl carbamates (subject to hydrolysis) is 1. The average Bonchev–Trinajstić information content (AvgIpc) is 2.58. The van der Waals surface area contributed by atoms with Crippen LogP contribution in [0.15, 0.2) is 54.6 Å². The van der Waals surface area contributed by atoms with Crippen LogP contribution in [0.25, 0.3) is 0 Å². The second-order valence-corrected chi connectivity index (χ2v) is 5.06. The first kappa shape index (κ1) is 18.6. The van der Waals surface area contributed by atoms with Gasteiger partial charge in [0.05, 0.1) is 12.6 Å². The van der Waals surface area contributed by atoms with Crippen molar-refractivity contribution in [2.45, 2.75) is 19.0 Å². The van der Waals surface area contributed by atoms with Crippen molar-refractivity contribution in [3.05, 3.63) is 65.7 Å². The van der Waals surface area contributed by atoms with Crippen molar-refractivity contribution in [2.75, 3.05) is 6.61 Å². The molecule has 5 nitrogen and oxygen atoms in total. The van der Waals surface area contributed by atoms with Crippen molar-refractivity contribution in [3.63, 3.8) is 0 Å². The first-order valence-corrected chi connectivity index (χ1v) is 7.31. The lowest BCUT2D eigenvalue weighted by molar-refractivity contribution is -0.274. The van der Waals surface area contributed by atoms with E-state index in [0.29, 0.717) is 5.56 Å². The average molecular weight is 355 g/mol. The fourth-order valence-electron chi connectivity index (χ4n) is 2.04. The van der Waals surface area contributed by atoms with Crippen LogP contribution in [-0.4, -0.2) is 24.2 Å². The summed E-state index contributed by atoms with van der Waals surface area (Å²) in [5, 5.41) is 11.8. The van der Waals surface area contributed by atoms with Gasteiger partial charge in [-0.1, -0.05) is 42.5 Å². The summed E-state index contributed by atoms with van der Waals surface area (Å²) >= 11 is 0. The number of amides is 1. The van der Waals surface area contributed by atoms with E-state index >= 15 is 0 Å². The quantitative estimate of drug-likeness (QED) is 0.832. The number of aliphatic hydroxyl groups is 1. The van der Waals surface area contributed by atoms with Gasteiger partial charge in [-0.2, -0.15) is 0 Å². The first-order valence-electron chi connectivity index (χ1n) is 7.31. The summed E-state index contributed by atoms with van der Waals surface area (Å²) < 4.78 is 45.2. The molecular weight excluding hydrogens is 339 g/mol. The van der Waals surface area contributed by atoms with Crippen LogP contribution in [-0.2, 0) is 11.3 Å². The maximum Gasteiger partial charge on any atom is 0.573 e. The Bertz CT molecular complexity index is 675. The Hall–Kier alpha value is -2.74. The van der Waals surface area contributed by atoms with Crippen LogP contribution in [0.1, 0.15) is 17.2 Å². The normalized spacial score (nSPS) is 12.3. The predicted molar refractivity (Wildman–Crippen MR) is 82.7 cm³/mol. The minimum Gasteiger partial charge on any atom is -0.445 e. The van der Waals surface area contributed by atoms with E-state index in [1.165, 1.54) is 12.1 Å². The zero-order chi connectivity index (χ0) is 18.3. The number of carbonyl (C=O) groups is 1. The molecule has 2 aromatic carbocycles. The maximum atomic E-state index is 12.1. The number of halogens is 3. The molecule has 0 saturated heterocycles. The standard InChI is InChI=1S/C17H16F3NO4/c18-17(19,20)25-14-8-6-13(7-9-14)15(10-22)21-16(23)24-11-12-4-2-1-3-5-12/h1-9,15,22H,10-11H2,(H,21,23). The van der Waals surface area contributed by atoms with Crippen LogP contribution in [0.5, 0.6) is 5.75 Å². The van der Waals surface area contributed by atoms with E-state index in [-0.39, 0.29) is 12.4 Å². The number of nitrogens with one attached hydrogen (secondary N) is 1. The number of aliphatic hydroxyl groups excluding tert-OH is 1. The molecule has 25 heavy (non-hydrogen) atoms. The third-order valence-corrected chi connectivity index (χ3v) is 3.20. The van der Waals surface area contributed by atoms with Gasteiger partial charge < -0.3 is 19.9 Å². The number of hydrogen-bond donors (Lipinski definition) is 2.